The number of halogens is 5. The molecule has 0 spiro atoms. The molecule has 0 radical (unpaired) electrons. The third-order valence-corrected chi connectivity index (χ3v) is 7.89. The number of ether oxygens (including phenoxy) is 1. The molecule has 1 amide bonds. The number of nitrogens with zero attached hydrogens (tertiary/aromatic N) is 7. The highest BCUT2D eigenvalue weighted by Gasteiger charge is 2.49. The summed E-state index contributed by atoms with van der Waals surface area (Å²) in [4.78, 5) is 43.6. The van der Waals surface area contributed by atoms with Gasteiger partial charge in [-0.05, 0) is 44.0 Å². The number of carboxylic acids is 1. The fourth-order valence-electron chi connectivity index (χ4n) is 5.41. The average molecular weight is 664 g/mol. The van der Waals surface area contributed by atoms with Crippen LogP contribution in [-0.2, 0) is 22.6 Å². The van der Waals surface area contributed by atoms with Crippen molar-refractivity contribution in [1.29, 1.82) is 0 Å². The summed E-state index contributed by atoms with van der Waals surface area (Å²) < 4.78 is 37.2. The first-order valence-electron chi connectivity index (χ1n) is 14.0. The number of carboxylic acid groups (broad SMARTS) is 1. The number of likely N-dealkylation sites (tertiary alicyclic amines) is 3. The highest BCUT2D eigenvalue weighted by atomic mass is 35.5. The molecular formula is C27H35Cl2F3N8O4. The normalized spacial score (nSPS) is 24.4. The number of aromatic nitrogens is 4. The molecule has 0 unspecified atom stereocenters. The van der Waals surface area contributed by atoms with Crippen LogP contribution < -0.4 is 5.32 Å². The average Bonchev–Trinajstić information content (AvgIpc) is 3.36. The van der Waals surface area contributed by atoms with E-state index in [1.54, 1.807) is 12.4 Å². The third-order valence-electron chi connectivity index (χ3n) is 7.50. The van der Waals surface area contributed by atoms with E-state index in [0.29, 0.717) is 11.2 Å². The van der Waals surface area contributed by atoms with E-state index in [9.17, 15) is 18.0 Å². The number of nitrogens with one attached hydrogen (secondary N) is 1. The standard InChI is InChI=1S/C15H21ClN4O2.C10H13ClN4.C2HF3O2/c1-15(2,3)22-14(21)20-8-11-7-19(9-12(11)20)6-10-4-17-13(16)18-5-10;11-10-13-1-7(2-14-10)4-15-5-8-3-12-9(8)6-15;3-2(4,5)1(6)7/h4-5,11-12H,6-9H2,1-3H3;1-2,8-9,12H,3-6H2;(H,6,7)/t11-,12-;8-,9+;/m01./s1. The SMILES string of the molecule is CC(C)(C)OC(=O)N1C[C@@H]2CN(Cc3cnc(Cl)nc3)C[C@@H]21.Clc1ncc(CN2C[C@H]3CN[C@H]3C2)cn1.O=C(O)C(F)(F)F. The van der Waals surface area contributed by atoms with Crippen LogP contribution in [0.2, 0.25) is 10.6 Å². The van der Waals surface area contributed by atoms with Gasteiger partial charge in [0.2, 0.25) is 10.6 Å². The summed E-state index contributed by atoms with van der Waals surface area (Å²) >= 11 is 11.3. The number of rotatable bonds is 4. The number of alkyl halides is 3. The molecule has 4 fully saturated rings. The van der Waals surface area contributed by atoms with E-state index in [-0.39, 0.29) is 17.4 Å². The second kappa shape index (κ2) is 14.1. The molecule has 17 heteroatoms. The number of aliphatic carboxylic acids is 1. The molecule has 0 aromatic carbocycles. The molecule has 6 heterocycles. The molecule has 44 heavy (non-hydrogen) atoms. The first-order valence-corrected chi connectivity index (χ1v) is 14.7. The van der Waals surface area contributed by atoms with Crippen molar-refractivity contribution in [3.8, 4) is 0 Å². The van der Waals surface area contributed by atoms with Crippen LogP contribution in [0.3, 0.4) is 0 Å². The molecule has 0 aliphatic carbocycles. The lowest BCUT2D eigenvalue weighted by atomic mass is 9.93. The van der Waals surface area contributed by atoms with E-state index >= 15 is 0 Å². The van der Waals surface area contributed by atoms with Crippen LogP contribution in [-0.4, -0.2) is 115 Å². The molecular weight excluding hydrogens is 628 g/mol. The fourth-order valence-corrected chi connectivity index (χ4v) is 5.61. The predicted molar refractivity (Wildman–Crippen MR) is 154 cm³/mol. The molecule has 4 aliphatic heterocycles. The summed E-state index contributed by atoms with van der Waals surface area (Å²) in [5.41, 5.74) is 1.73. The fraction of sp³-hybridized carbons (Fsp3) is 0.630. The van der Waals surface area contributed by atoms with Crippen LogP contribution in [0.4, 0.5) is 18.0 Å². The van der Waals surface area contributed by atoms with Gasteiger partial charge in [-0.3, -0.25) is 9.80 Å². The van der Waals surface area contributed by atoms with Crippen molar-refractivity contribution in [3.05, 3.63) is 46.5 Å². The molecule has 0 saturated carbocycles. The van der Waals surface area contributed by atoms with Gasteiger partial charge in [0.05, 0.1) is 6.04 Å². The molecule has 6 rings (SSSR count). The van der Waals surface area contributed by atoms with Crippen LogP contribution in [0, 0.1) is 11.8 Å². The topological polar surface area (TPSA) is 137 Å². The van der Waals surface area contributed by atoms with Crippen molar-refractivity contribution in [1.82, 2.24) is 40.0 Å². The van der Waals surface area contributed by atoms with Gasteiger partial charge < -0.3 is 20.1 Å². The summed E-state index contributed by atoms with van der Waals surface area (Å²) in [6.45, 7) is 13.6. The largest absolute Gasteiger partial charge is 0.490 e. The number of fused-ring (bicyclic) bond motifs is 2. The van der Waals surface area contributed by atoms with Gasteiger partial charge in [0.1, 0.15) is 5.60 Å². The van der Waals surface area contributed by atoms with E-state index < -0.39 is 17.7 Å². The zero-order valence-electron chi connectivity index (χ0n) is 24.5. The number of carbonyl (C=O) groups excluding carboxylic acids is 1. The van der Waals surface area contributed by atoms with Gasteiger partial charge in [-0.25, -0.2) is 29.5 Å². The summed E-state index contributed by atoms with van der Waals surface area (Å²) in [5, 5.41) is 11.1. The summed E-state index contributed by atoms with van der Waals surface area (Å²) in [6, 6.07) is 0.987. The molecule has 2 aromatic rings. The van der Waals surface area contributed by atoms with Crippen molar-refractivity contribution < 1.29 is 32.6 Å². The molecule has 0 bridgehead atoms. The lowest BCUT2D eigenvalue weighted by molar-refractivity contribution is -0.192. The molecule has 2 N–H and O–H groups in total. The Bertz CT molecular complexity index is 1270. The summed E-state index contributed by atoms with van der Waals surface area (Å²) in [7, 11) is 0. The van der Waals surface area contributed by atoms with Crippen molar-refractivity contribution in [3.63, 3.8) is 0 Å². The van der Waals surface area contributed by atoms with Crippen molar-refractivity contribution >= 4 is 35.3 Å². The second-order valence-corrected chi connectivity index (χ2v) is 12.8. The van der Waals surface area contributed by atoms with Crippen molar-refractivity contribution in [2.24, 2.45) is 11.8 Å². The Hall–Kier alpha value is -2.85. The Labute approximate surface area is 262 Å². The molecule has 2 aromatic heterocycles. The van der Waals surface area contributed by atoms with Crippen molar-refractivity contribution in [2.45, 2.75) is 57.7 Å². The van der Waals surface area contributed by atoms with Gasteiger partial charge in [-0.15, -0.1) is 0 Å². The van der Waals surface area contributed by atoms with Gasteiger partial charge in [-0.1, -0.05) is 0 Å². The molecule has 12 nitrogen and oxygen atoms in total. The summed E-state index contributed by atoms with van der Waals surface area (Å²) in [6.07, 6.45) is 1.83. The highest BCUT2D eigenvalue weighted by molar-refractivity contribution is 6.28. The van der Waals surface area contributed by atoms with E-state index in [1.807, 2.05) is 38.1 Å². The van der Waals surface area contributed by atoms with Crippen LogP contribution >= 0.6 is 23.2 Å². The van der Waals surface area contributed by atoms with E-state index in [0.717, 1.165) is 62.4 Å². The molecule has 4 saturated heterocycles. The van der Waals surface area contributed by atoms with Gasteiger partial charge >= 0.3 is 18.2 Å². The predicted octanol–water partition coefficient (Wildman–Crippen LogP) is 3.35. The maximum Gasteiger partial charge on any atom is 0.490 e. The van der Waals surface area contributed by atoms with Crippen molar-refractivity contribution in [2.75, 3.05) is 39.3 Å². The number of carbonyl (C=O) groups is 2. The number of hydrogen-bond acceptors (Lipinski definition) is 10. The zero-order valence-corrected chi connectivity index (χ0v) is 26.0. The molecule has 4 atom stereocenters. The van der Waals surface area contributed by atoms with Gasteiger partial charge in [0.25, 0.3) is 0 Å². The molecule has 242 valence electrons. The lowest BCUT2D eigenvalue weighted by Crippen LogP contribution is -2.59. The van der Waals surface area contributed by atoms with Crippen LogP contribution in [0.25, 0.3) is 0 Å². The Kier molecular flexibility index (Phi) is 10.9. The highest BCUT2D eigenvalue weighted by Crippen LogP contribution is 2.34. The zero-order chi connectivity index (χ0) is 32.2. The van der Waals surface area contributed by atoms with Crippen LogP contribution in [0.5, 0.6) is 0 Å². The summed E-state index contributed by atoms with van der Waals surface area (Å²) in [5.74, 6) is -1.36. The van der Waals surface area contributed by atoms with Gasteiger partial charge in [-0.2, -0.15) is 13.2 Å². The maximum absolute atomic E-state index is 12.1. The minimum atomic E-state index is -5.08. The first kappa shape index (κ1) is 34.0. The van der Waals surface area contributed by atoms with Gasteiger partial charge in [0, 0.05) is 106 Å². The smallest absolute Gasteiger partial charge is 0.475 e. The van der Waals surface area contributed by atoms with Crippen LogP contribution in [0.15, 0.2) is 24.8 Å². The van der Waals surface area contributed by atoms with E-state index in [2.05, 4.69) is 35.1 Å². The Morgan fingerprint density at radius 3 is 1.75 bits per heavy atom. The van der Waals surface area contributed by atoms with E-state index in [1.165, 1.54) is 13.1 Å². The third kappa shape index (κ3) is 9.57. The van der Waals surface area contributed by atoms with Crippen LogP contribution in [0.1, 0.15) is 31.9 Å². The quantitative estimate of drug-likeness (QED) is 0.466. The van der Waals surface area contributed by atoms with E-state index in [4.69, 9.17) is 37.8 Å². The lowest BCUT2D eigenvalue weighted by Gasteiger charge is -2.43. The number of hydrogen-bond donors (Lipinski definition) is 2. The Morgan fingerprint density at radius 2 is 1.36 bits per heavy atom. The molecule has 4 aliphatic rings. The monoisotopic (exact) mass is 662 g/mol. The maximum atomic E-state index is 12.1. The Morgan fingerprint density at radius 1 is 0.886 bits per heavy atom. The first-order chi connectivity index (χ1) is 20.6. The minimum absolute atomic E-state index is 0.203. The Balaban J connectivity index is 0.000000173. The second-order valence-electron chi connectivity index (χ2n) is 12.1. The number of amides is 1. The minimum Gasteiger partial charge on any atom is -0.475 e. The van der Waals surface area contributed by atoms with Gasteiger partial charge in [0.15, 0.2) is 0 Å².